The first-order chi connectivity index (χ1) is 15.1. The molecule has 0 bridgehead atoms. The summed E-state index contributed by atoms with van der Waals surface area (Å²) in [5.41, 5.74) is 2.67. The number of aliphatic hydroxyl groups excluding tert-OH is 2. The predicted molar refractivity (Wildman–Crippen MR) is 118 cm³/mol. The highest BCUT2D eigenvalue weighted by Crippen LogP contribution is 2.42. The zero-order valence-corrected chi connectivity index (χ0v) is 17.8. The van der Waals surface area contributed by atoms with Crippen LogP contribution in [0.5, 0.6) is 0 Å². The van der Waals surface area contributed by atoms with Crippen molar-refractivity contribution in [3.8, 4) is 11.8 Å². The summed E-state index contributed by atoms with van der Waals surface area (Å²) in [6.07, 6.45) is 4.61. The Balaban J connectivity index is 1.56. The van der Waals surface area contributed by atoms with Crippen LogP contribution in [-0.2, 0) is 0 Å². The van der Waals surface area contributed by atoms with Gasteiger partial charge >= 0.3 is 0 Å². The maximum atomic E-state index is 13.1. The fourth-order valence-corrected chi connectivity index (χ4v) is 4.78. The Morgan fingerprint density at radius 3 is 2.55 bits per heavy atom. The lowest BCUT2D eigenvalue weighted by molar-refractivity contribution is -0.0606. The maximum absolute atomic E-state index is 13.1. The Labute approximate surface area is 183 Å². The van der Waals surface area contributed by atoms with Gasteiger partial charge in [0.1, 0.15) is 6.10 Å². The van der Waals surface area contributed by atoms with Crippen molar-refractivity contribution < 1.29 is 15.0 Å². The lowest BCUT2D eigenvalue weighted by Gasteiger charge is -2.57. The molecule has 4 rings (SSSR count). The van der Waals surface area contributed by atoms with Gasteiger partial charge in [-0.25, -0.2) is 0 Å². The fraction of sp³-hybridized carbons (Fsp3) is 0.440. The van der Waals surface area contributed by atoms with Gasteiger partial charge in [-0.05, 0) is 56.1 Å². The third-order valence-electron chi connectivity index (χ3n) is 6.31. The van der Waals surface area contributed by atoms with Crippen LogP contribution in [0.15, 0.2) is 48.8 Å². The van der Waals surface area contributed by atoms with Gasteiger partial charge in [-0.1, -0.05) is 24.0 Å². The van der Waals surface area contributed by atoms with Crippen molar-refractivity contribution in [1.82, 2.24) is 14.8 Å². The molecule has 0 aliphatic carbocycles. The molecule has 6 nitrogen and oxygen atoms in total. The van der Waals surface area contributed by atoms with Gasteiger partial charge in [-0.2, -0.15) is 0 Å². The average molecular weight is 420 g/mol. The topological polar surface area (TPSA) is 76.9 Å². The molecule has 2 saturated heterocycles. The molecule has 3 heterocycles. The molecule has 2 aliphatic heterocycles. The van der Waals surface area contributed by atoms with Gasteiger partial charge in [-0.3, -0.25) is 14.7 Å². The number of hydrogen-bond donors (Lipinski definition) is 2. The second-order valence-electron chi connectivity index (χ2n) is 8.34. The molecule has 0 radical (unpaired) electrons. The van der Waals surface area contributed by atoms with Gasteiger partial charge in [0, 0.05) is 54.6 Å². The predicted octanol–water partition coefficient (Wildman–Crippen LogP) is 1.88. The summed E-state index contributed by atoms with van der Waals surface area (Å²) >= 11 is 0. The van der Waals surface area contributed by atoms with Crippen molar-refractivity contribution in [1.29, 1.82) is 0 Å². The molecular weight excluding hydrogens is 390 g/mol. The van der Waals surface area contributed by atoms with E-state index in [1.54, 1.807) is 31.5 Å². The molecule has 0 unspecified atom stereocenters. The van der Waals surface area contributed by atoms with Crippen molar-refractivity contribution >= 4 is 5.91 Å². The molecule has 1 aromatic heterocycles. The summed E-state index contributed by atoms with van der Waals surface area (Å²) in [5.74, 6) is 5.93. The zero-order chi connectivity index (χ0) is 21.8. The third-order valence-corrected chi connectivity index (χ3v) is 6.31. The van der Waals surface area contributed by atoms with Gasteiger partial charge in [0.15, 0.2) is 0 Å². The van der Waals surface area contributed by atoms with Crippen LogP contribution in [0, 0.1) is 11.8 Å². The van der Waals surface area contributed by atoms with Gasteiger partial charge in [0.2, 0.25) is 0 Å². The lowest BCUT2D eigenvalue weighted by atomic mass is 9.74. The monoisotopic (exact) mass is 419 g/mol. The van der Waals surface area contributed by atoms with Crippen LogP contribution in [0.1, 0.15) is 47.2 Å². The number of nitrogens with zero attached hydrogens (tertiary/aromatic N) is 3. The van der Waals surface area contributed by atoms with E-state index < -0.39 is 6.10 Å². The Morgan fingerprint density at radius 2 is 1.87 bits per heavy atom. The highest BCUT2D eigenvalue weighted by molar-refractivity contribution is 5.94. The molecule has 1 amide bonds. The van der Waals surface area contributed by atoms with E-state index in [2.05, 4.69) is 33.9 Å². The van der Waals surface area contributed by atoms with Crippen LogP contribution in [0.4, 0.5) is 0 Å². The normalized spacial score (nSPS) is 24.6. The van der Waals surface area contributed by atoms with Gasteiger partial charge in [0.05, 0.1) is 6.61 Å². The van der Waals surface area contributed by atoms with Crippen LogP contribution < -0.4 is 0 Å². The first-order valence-electron chi connectivity index (χ1n) is 10.9. The van der Waals surface area contributed by atoms with E-state index in [0.717, 1.165) is 37.1 Å². The summed E-state index contributed by atoms with van der Waals surface area (Å²) < 4.78 is 0. The molecule has 2 aromatic rings. The second-order valence-corrected chi connectivity index (χ2v) is 8.34. The highest BCUT2D eigenvalue weighted by Gasteiger charge is 2.49. The molecule has 162 valence electrons. The number of pyridine rings is 1. The van der Waals surface area contributed by atoms with Crippen LogP contribution in [0.2, 0.25) is 0 Å². The zero-order valence-electron chi connectivity index (χ0n) is 17.8. The smallest absolute Gasteiger partial charge is 0.254 e. The number of carbonyl (C=O) groups excluding carboxylic acids is 1. The summed E-state index contributed by atoms with van der Waals surface area (Å²) in [5, 5.41) is 19.5. The molecule has 6 heteroatoms. The quantitative estimate of drug-likeness (QED) is 0.743. The van der Waals surface area contributed by atoms with E-state index in [4.69, 9.17) is 0 Å². The molecule has 1 aromatic carbocycles. The largest absolute Gasteiger partial charge is 0.395 e. The summed E-state index contributed by atoms with van der Waals surface area (Å²) in [6.45, 7) is 4.08. The number of fused-ring (bicyclic) bond motifs is 1. The third kappa shape index (κ3) is 4.64. The number of aliphatic hydroxyl groups is 2. The maximum Gasteiger partial charge on any atom is 0.254 e. The van der Waals surface area contributed by atoms with Crippen LogP contribution in [0.3, 0.4) is 0 Å². The van der Waals surface area contributed by atoms with Crippen molar-refractivity contribution in [3.63, 3.8) is 0 Å². The van der Waals surface area contributed by atoms with Crippen molar-refractivity contribution in [2.45, 2.75) is 43.9 Å². The Morgan fingerprint density at radius 1 is 1.16 bits per heavy atom. The van der Waals surface area contributed by atoms with Crippen LogP contribution in [0.25, 0.3) is 0 Å². The lowest BCUT2D eigenvalue weighted by Crippen LogP contribution is -2.67. The molecule has 0 spiro atoms. The molecule has 31 heavy (non-hydrogen) atoms. The van der Waals surface area contributed by atoms with E-state index in [1.807, 2.05) is 17.0 Å². The molecule has 2 N–H and O–H groups in total. The number of benzene rings is 1. The Bertz CT molecular complexity index is 949. The number of amides is 1. The van der Waals surface area contributed by atoms with E-state index in [-0.39, 0.29) is 30.5 Å². The Hall–Kier alpha value is -2.72. The number of rotatable bonds is 3. The molecule has 0 saturated carbocycles. The summed E-state index contributed by atoms with van der Waals surface area (Å²) in [7, 11) is 0. The molecular formula is C25H29N3O3. The summed E-state index contributed by atoms with van der Waals surface area (Å²) in [6, 6.07) is 11.8. The molecule has 4 atom stereocenters. The fourth-order valence-electron chi connectivity index (χ4n) is 4.78. The number of carbonyl (C=O) groups is 1. The second kappa shape index (κ2) is 9.61. The number of hydrogen-bond acceptors (Lipinski definition) is 5. The Kier molecular flexibility index (Phi) is 6.67. The standard InChI is InChI=1S/C25H29N3O3/c1-18(30)4-5-19-6-8-20(9-7-19)24-22-16-27(25(31)21-10-12-26-13-11-21)14-2-3-15-28(22)23(24)17-29/h6-13,18,22-24,29-30H,2-3,14-17H2,1H3/t18-,22+,23+,24-/m1/s1. The van der Waals surface area contributed by atoms with E-state index in [0.29, 0.717) is 12.1 Å². The van der Waals surface area contributed by atoms with Crippen LogP contribution >= 0.6 is 0 Å². The first-order valence-corrected chi connectivity index (χ1v) is 10.9. The van der Waals surface area contributed by atoms with Crippen LogP contribution in [-0.4, -0.2) is 75.3 Å². The van der Waals surface area contributed by atoms with Crippen molar-refractivity contribution in [3.05, 3.63) is 65.5 Å². The average Bonchev–Trinajstić information content (AvgIpc) is 2.77. The number of aromatic nitrogens is 1. The highest BCUT2D eigenvalue weighted by atomic mass is 16.3. The van der Waals surface area contributed by atoms with Gasteiger partial charge in [0.25, 0.3) is 5.91 Å². The van der Waals surface area contributed by atoms with Crippen molar-refractivity contribution in [2.24, 2.45) is 0 Å². The summed E-state index contributed by atoms with van der Waals surface area (Å²) in [4.78, 5) is 21.4. The molecule has 2 fully saturated rings. The minimum absolute atomic E-state index is 0.0409. The molecule has 2 aliphatic rings. The van der Waals surface area contributed by atoms with Crippen molar-refractivity contribution in [2.75, 3.05) is 26.2 Å². The van der Waals surface area contributed by atoms with E-state index >= 15 is 0 Å². The minimum Gasteiger partial charge on any atom is -0.395 e. The van der Waals surface area contributed by atoms with Gasteiger partial charge in [-0.15, -0.1) is 0 Å². The first kappa shape index (κ1) is 21.5. The van der Waals surface area contributed by atoms with Gasteiger partial charge < -0.3 is 15.1 Å². The SMILES string of the molecule is C[C@@H](O)C#Cc1ccc([C@H]2[C@H](CO)N3CCCCN(C(=O)c4ccncc4)C[C@@H]23)cc1. The van der Waals surface area contributed by atoms with E-state index in [9.17, 15) is 15.0 Å². The van der Waals surface area contributed by atoms with E-state index in [1.165, 1.54) is 0 Å². The minimum atomic E-state index is -0.655.